The molecule has 7 heteroatoms. The monoisotopic (exact) mass is 396 g/mol. The lowest BCUT2D eigenvalue weighted by molar-refractivity contribution is 0.187. The van der Waals surface area contributed by atoms with Crippen LogP contribution in [0.5, 0.6) is 0 Å². The number of thioether (sulfide) groups is 1. The molecule has 1 aromatic rings. The first-order valence-corrected chi connectivity index (χ1v) is 11.2. The van der Waals surface area contributed by atoms with Gasteiger partial charge in [-0.3, -0.25) is 4.90 Å². The lowest BCUT2D eigenvalue weighted by Crippen LogP contribution is -2.39. The molecule has 0 radical (unpaired) electrons. The summed E-state index contributed by atoms with van der Waals surface area (Å²) in [5, 5.41) is 4.13. The molecule has 0 unspecified atom stereocenters. The number of aromatic nitrogens is 3. The number of nitrogens with zero attached hydrogens (tertiary/aromatic N) is 5. The average molecular weight is 397 g/mol. The van der Waals surface area contributed by atoms with E-state index >= 15 is 0 Å². The maximum atomic E-state index is 4.78. The van der Waals surface area contributed by atoms with Gasteiger partial charge in [-0.25, -0.2) is 0 Å². The third-order valence-corrected chi connectivity index (χ3v) is 5.10. The highest BCUT2D eigenvalue weighted by Gasteiger charge is 2.20. The Bertz CT molecular complexity index is 543. The molecule has 27 heavy (non-hydrogen) atoms. The fourth-order valence-electron chi connectivity index (χ4n) is 3.26. The summed E-state index contributed by atoms with van der Waals surface area (Å²) in [6.45, 7) is 22.9. The Balaban J connectivity index is 3.02. The van der Waals surface area contributed by atoms with Crippen molar-refractivity contribution in [1.29, 1.82) is 0 Å². The lowest BCUT2D eigenvalue weighted by atomic mass is 10.2. The van der Waals surface area contributed by atoms with Gasteiger partial charge in [0.1, 0.15) is 0 Å². The summed E-state index contributed by atoms with van der Waals surface area (Å²) in [5.74, 6) is 2.38. The largest absolute Gasteiger partial charge is 0.352 e. The summed E-state index contributed by atoms with van der Waals surface area (Å²) in [4.78, 5) is 18.8. The normalized spacial score (nSPS) is 12.3. The van der Waals surface area contributed by atoms with E-state index in [4.69, 9.17) is 4.98 Å². The van der Waals surface area contributed by atoms with Crippen molar-refractivity contribution in [3.8, 4) is 0 Å². The van der Waals surface area contributed by atoms with Gasteiger partial charge in [-0.2, -0.15) is 15.0 Å². The Kier molecular flexibility index (Phi) is 9.81. The van der Waals surface area contributed by atoms with Gasteiger partial charge >= 0.3 is 0 Å². The molecule has 156 valence electrons. The van der Waals surface area contributed by atoms with Crippen molar-refractivity contribution in [2.24, 2.45) is 0 Å². The summed E-state index contributed by atoms with van der Waals surface area (Å²) >= 11 is 1.71. The minimum atomic E-state index is 0.280. The molecule has 0 atom stereocenters. The molecular weight excluding hydrogens is 356 g/mol. The van der Waals surface area contributed by atoms with E-state index in [0.29, 0.717) is 30.1 Å². The fraction of sp³-hybridized carbons (Fsp3) is 0.850. The molecule has 1 rings (SSSR count). The fourth-order valence-corrected chi connectivity index (χ4v) is 4.04. The van der Waals surface area contributed by atoms with Gasteiger partial charge in [-0.05, 0) is 69.2 Å². The van der Waals surface area contributed by atoms with Crippen LogP contribution in [0.4, 0.5) is 11.9 Å². The number of nitrogens with one attached hydrogen (secondary N) is 1. The summed E-state index contributed by atoms with van der Waals surface area (Å²) < 4.78 is 0. The Morgan fingerprint density at radius 3 is 1.78 bits per heavy atom. The minimum absolute atomic E-state index is 0.280. The minimum Gasteiger partial charge on any atom is -0.352 e. The summed E-state index contributed by atoms with van der Waals surface area (Å²) in [6.07, 6.45) is 0. The highest BCUT2D eigenvalue weighted by atomic mass is 32.2. The molecule has 0 bridgehead atoms. The van der Waals surface area contributed by atoms with Gasteiger partial charge in [0.05, 0.1) is 0 Å². The van der Waals surface area contributed by atoms with Crippen LogP contribution in [0.3, 0.4) is 0 Å². The third kappa shape index (κ3) is 7.82. The van der Waals surface area contributed by atoms with E-state index in [2.05, 4.69) is 94.3 Å². The van der Waals surface area contributed by atoms with Crippen molar-refractivity contribution in [2.75, 3.05) is 22.5 Å². The van der Waals surface area contributed by atoms with Gasteiger partial charge in [-0.15, -0.1) is 0 Å². The van der Waals surface area contributed by atoms with E-state index < -0.39 is 0 Å². The van der Waals surface area contributed by atoms with Crippen LogP contribution in [0.2, 0.25) is 0 Å². The van der Waals surface area contributed by atoms with Crippen LogP contribution < -0.4 is 10.2 Å². The van der Waals surface area contributed by atoms with Crippen LogP contribution in [0.25, 0.3) is 0 Å². The molecule has 1 aromatic heterocycles. The second kappa shape index (κ2) is 11.1. The van der Waals surface area contributed by atoms with Crippen LogP contribution in [-0.2, 0) is 0 Å². The number of rotatable bonds is 11. The van der Waals surface area contributed by atoms with Gasteiger partial charge in [0.2, 0.25) is 11.9 Å². The summed E-state index contributed by atoms with van der Waals surface area (Å²) in [5.41, 5.74) is 0. The molecule has 0 aliphatic carbocycles. The second-order valence-electron chi connectivity index (χ2n) is 8.41. The quantitative estimate of drug-likeness (QED) is 0.552. The van der Waals surface area contributed by atoms with Crippen LogP contribution in [0.1, 0.15) is 69.2 Å². The molecule has 0 fully saturated rings. The molecule has 1 heterocycles. The highest BCUT2D eigenvalue weighted by molar-refractivity contribution is 7.99. The van der Waals surface area contributed by atoms with Crippen LogP contribution in [0, 0.1) is 0 Å². The number of hydrogen-bond donors (Lipinski definition) is 1. The Morgan fingerprint density at radius 1 is 0.778 bits per heavy atom. The van der Waals surface area contributed by atoms with Gasteiger partial charge < -0.3 is 10.2 Å². The van der Waals surface area contributed by atoms with Crippen molar-refractivity contribution < 1.29 is 0 Å². The SMILES string of the molecule is CC(C)Nc1nc(SCCN(C(C)C)C(C)C)nc(N(C(C)C)C(C)C)n1. The van der Waals surface area contributed by atoms with Crippen LogP contribution in [0.15, 0.2) is 5.16 Å². The van der Waals surface area contributed by atoms with E-state index in [-0.39, 0.29) is 6.04 Å². The Labute approximate surface area is 170 Å². The average Bonchev–Trinajstić information content (AvgIpc) is 2.49. The first-order chi connectivity index (χ1) is 12.5. The van der Waals surface area contributed by atoms with Gasteiger partial charge in [0.25, 0.3) is 0 Å². The molecule has 0 saturated heterocycles. The van der Waals surface area contributed by atoms with Gasteiger partial charge in [-0.1, -0.05) is 11.8 Å². The Morgan fingerprint density at radius 2 is 1.33 bits per heavy atom. The van der Waals surface area contributed by atoms with Crippen molar-refractivity contribution in [2.45, 2.75) is 105 Å². The van der Waals surface area contributed by atoms with Crippen molar-refractivity contribution in [3.05, 3.63) is 0 Å². The summed E-state index contributed by atoms with van der Waals surface area (Å²) in [6, 6.07) is 2.01. The van der Waals surface area contributed by atoms with Crippen LogP contribution >= 0.6 is 11.8 Å². The smallest absolute Gasteiger partial charge is 0.231 e. The predicted octanol–water partition coefficient (Wildman–Crippen LogP) is 4.53. The molecule has 0 spiro atoms. The van der Waals surface area contributed by atoms with Crippen LogP contribution in [-0.4, -0.2) is 62.4 Å². The topological polar surface area (TPSA) is 57.2 Å². The molecule has 6 nitrogen and oxygen atoms in total. The lowest BCUT2D eigenvalue weighted by Gasteiger charge is -2.31. The van der Waals surface area contributed by atoms with E-state index in [1.807, 2.05) is 0 Å². The zero-order valence-electron chi connectivity index (χ0n) is 18.9. The van der Waals surface area contributed by atoms with Gasteiger partial charge in [0.15, 0.2) is 5.16 Å². The molecule has 0 saturated carbocycles. The maximum absolute atomic E-state index is 4.78. The second-order valence-corrected chi connectivity index (χ2v) is 9.47. The molecule has 0 aromatic carbocycles. The van der Waals surface area contributed by atoms with E-state index in [9.17, 15) is 0 Å². The molecular formula is C20H40N6S. The van der Waals surface area contributed by atoms with Crippen molar-refractivity contribution in [1.82, 2.24) is 19.9 Å². The first-order valence-electron chi connectivity index (χ1n) is 10.2. The summed E-state index contributed by atoms with van der Waals surface area (Å²) in [7, 11) is 0. The standard InChI is InChI=1S/C20H40N6S/c1-13(2)21-18-22-19(26(16(7)8)17(9)10)24-20(23-18)27-12-11-25(14(3)4)15(5)6/h13-17H,11-12H2,1-10H3,(H,21,22,23,24). The molecule has 1 N–H and O–H groups in total. The van der Waals surface area contributed by atoms with Crippen molar-refractivity contribution in [3.63, 3.8) is 0 Å². The highest BCUT2D eigenvalue weighted by Crippen LogP contribution is 2.22. The van der Waals surface area contributed by atoms with E-state index in [0.717, 1.165) is 23.4 Å². The van der Waals surface area contributed by atoms with Crippen molar-refractivity contribution >= 4 is 23.7 Å². The van der Waals surface area contributed by atoms with E-state index in [1.54, 1.807) is 11.8 Å². The molecule has 0 amide bonds. The number of hydrogen-bond acceptors (Lipinski definition) is 7. The Hall–Kier alpha value is -1.08. The molecule has 0 aliphatic rings. The molecule has 0 aliphatic heterocycles. The van der Waals surface area contributed by atoms with E-state index in [1.165, 1.54) is 0 Å². The zero-order valence-corrected chi connectivity index (χ0v) is 19.8. The number of anilines is 2. The predicted molar refractivity (Wildman–Crippen MR) is 119 cm³/mol. The van der Waals surface area contributed by atoms with Gasteiger partial charge in [0, 0.05) is 42.5 Å². The third-order valence-electron chi connectivity index (χ3n) is 4.27. The first kappa shape index (κ1) is 24.0. The zero-order chi connectivity index (χ0) is 20.7. The maximum Gasteiger partial charge on any atom is 0.231 e.